The number of carbonyl (C=O) groups excluding carboxylic acids is 1. The Balaban J connectivity index is 1.29. The Morgan fingerprint density at radius 1 is 1.21 bits per heavy atom. The molecule has 3 N–H and O–H groups in total. The van der Waals surface area contributed by atoms with E-state index in [0.29, 0.717) is 17.7 Å². The van der Waals surface area contributed by atoms with Crippen molar-refractivity contribution in [2.75, 3.05) is 31.6 Å². The Morgan fingerprint density at radius 2 is 2.00 bits per heavy atom. The predicted octanol–water partition coefficient (Wildman–Crippen LogP) is 2.07. The number of nitrogens with two attached hydrogens (primary N) is 1. The van der Waals surface area contributed by atoms with Crippen LogP contribution in [0.2, 0.25) is 0 Å². The number of amides is 1. The van der Waals surface area contributed by atoms with Gasteiger partial charge in [-0.15, -0.1) is 0 Å². The largest absolute Gasteiger partial charge is 0.379 e. The Morgan fingerprint density at radius 3 is 2.76 bits per heavy atom. The van der Waals surface area contributed by atoms with Crippen molar-refractivity contribution in [3.63, 3.8) is 0 Å². The fourth-order valence-electron chi connectivity index (χ4n) is 4.93. The van der Waals surface area contributed by atoms with Gasteiger partial charge in [0, 0.05) is 47.5 Å². The molecule has 4 aliphatic rings. The van der Waals surface area contributed by atoms with Crippen LogP contribution in [-0.4, -0.2) is 64.4 Å². The summed E-state index contributed by atoms with van der Waals surface area (Å²) in [5.74, 6) is 0.627. The van der Waals surface area contributed by atoms with Crippen LogP contribution in [0.1, 0.15) is 37.2 Å². The van der Waals surface area contributed by atoms with Gasteiger partial charge in [0.25, 0.3) is 0 Å². The normalized spacial score (nSPS) is 31.7. The van der Waals surface area contributed by atoms with E-state index >= 15 is 0 Å². The molecule has 2 unspecified atom stereocenters. The number of ether oxygens (including phenoxy) is 1. The molecular weight excluding hydrogens is 386 g/mol. The molecule has 3 heterocycles. The maximum absolute atomic E-state index is 11.7. The lowest BCUT2D eigenvalue weighted by Gasteiger charge is -2.39. The molecule has 1 aromatic rings. The smallest absolute Gasteiger partial charge is 0.248 e. The molecule has 8 heteroatoms. The van der Waals surface area contributed by atoms with Gasteiger partial charge in [0.1, 0.15) is 17.2 Å². The van der Waals surface area contributed by atoms with Crippen LogP contribution >= 0.6 is 11.8 Å². The van der Waals surface area contributed by atoms with Crippen LogP contribution < -0.4 is 11.1 Å². The highest BCUT2D eigenvalue weighted by Gasteiger charge is 2.37. The monoisotopic (exact) mass is 413 g/mol. The van der Waals surface area contributed by atoms with Crippen molar-refractivity contribution in [1.29, 1.82) is 0 Å². The molecule has 0 aromatic carbocycles. The number of morpholine rings is 1. The summed E-state index contributed by atoms with van der Waals surface area (Å²) in [5.41, 5.74) is 7.19. The van der Waals surface area contributed by atoms with Gasteiger partial charge in [-0.25, -0.2) is 9.97 Å². The zero-order valence-electron chi connectivity index (χ0n) is 16.4. The number of primary amides is 1. The van der Waals surface area contributed by atoms with Crippen LogP contribution in [0.25, 0.3) is 0 Å². The van der Waals surface area contributed by atoms with E-state index in [1.807, 2.05) is 12.2 Å². The van der Waals surface area contributed by atoms with E-state index in [0.717, 1.165) is 55.6 Å². The maximum atomic E-state index is 11.7. The first-order valence-corrected chi connectivity index (χ1v) is 11.4. The lowest BCUT2D eigenvalue weighted by molar-refractivity contribution is -0.114. The summed E-state index contributed by atoms with van der Waals surface area (Å²) in [5, 5.41) is 4.96. The number of allylic oxidation sites excluding steroid dienone is 1. The van der Waals surface area contributed by atoms with Crippen molar-refractivity contribution in [3.8, 4) is 0 Å². The molecule has 1 amide bonds. The van der Waals surface area contributed by atoms with Crippen molar-refractivity contribution in [3.05, 3.63) is 35.7 Å². The van der Waals surface area contributed by atoms with Crippen LogP contribution in [0, 0.1) is 0 Å². The van der Waals surface area contributed by atoms with E-state index in [-0.39, 0.29) is 17.1 Å². The third kappa shape index (κ3) is 3.81. The fraction of sp³-hybridized carbons (Fsp3) is 0.571. The zero-order valence-corrected chi connectivity index (χ0v) is 17.2. The van der Waals surface area contributed by atoms with Crippen LogP contribution in [0.15, 0.2) is 35.2 Å². The highest BCUT2D eigenvalue weighted by molar-refractivity contribution is 8.00. The highest BCUT2D eigenvalue weighted by Crippen LogP contribution is 2.50. The lowest BCUT2D eigenvalue weighted by Crippen LogP contribution is -2.46. The first-order valence-electron chi connectivity index (χ1n) is 10.5. The molecule has 0 bridgehead atoms. The van der Waals surface area contributed by atoms with Gasteiger partial charge in [0.05, 0.1) is 13.2 Å². The Bertz CT molecular complexity index is 843. The number of nitrogens with one attached hydrogen (secondary N) is 1. The Labute approximate surface area is 175 Å². The van der Waals surface area contributed by atoms with Crippen molar-refractivity contribution in [2.45, 2.75) is 54.0 Å². The molecule has 2 aliphatic carbocycles. The van der Waals surface area contributed by atoms with Crippen LogP contribution in [-0.2, 0) is 9.53 Å². The number of fused-ring (bicyclic) bond motifs is 3. The van der Waals surface area contributed by atoms with E-state index in [2.05, 4.69) is 26.3 Å². The summed E-state index contributed by atoms with van der Waals surface area (Å²) < 4.78 is 5.49. The summed E-state index contributed by atoms with van der Waals surface area (Å²) in [4.78, 5) is 23.3. The van der Waals surface area contributed by atoms with E-state index in [4.69, 9.17) is 10.5 Å². The average molecular weight is 414 g/mol. The number of hydrogen-bond acceptors (Lipinski definition) is 7. The number of thioether (sulfide) groups is 1. The number of hydrogen-bond donors (Lipinski definition) is 2. The summed E-state index contributed by atoms with van der Waals surface area (Å²) >= 11 is 1.74. The van der Waals surface area contributed by atoms with Crippen LogP contribution in [0.4, 0.5) is 5.82 Å². The van der Waals surface area contributed by atoms with Gasteiger partial charge in [0.2, 0.25) is 5.91 Å². The Hall–Kier alpha value is -1.90. The summed E-state index contributed by atoms with van der Waals surface area (Å²) in [6.45, 7) is 3.84. The van der Waals surface area contributed by atoms with Gasteiger partial charge < -0.3 is 15.8 Å². The third-order valence-electron chi connectivity index (χ3n) is 6.49. The summed E-state index contributed by atoms with van der Waals surface area (Å²) in [6.07, 6.45) is 12.2. The van der Waals surface area contributed by atoms with E-state index in [1.165, 1.54) is 12.8 Å². The topological polar surface area (TPSA) is 93.4 Å². The molecule has 5 rings (SSSR count). The van der Waals surface area contributed by atoms with E-state index in [9.17, 15) is 4.79 Å². The zero-order chi connectivity index (χ0) is 19.8. The van der Waals surface area contributed by atoms with Crippen molar-refractivity contribution in [1.82, 2.24) is 14.9 Å². The minimum absolute atomic E-state index is 0.0934. The maximum Gasteiger partial charge on any atom is 0.248 e. The average Bonchev–Trinajstić information content (AvgIpc) is 3.13. The minimum atomic E-state index is -0.383. The molecule has 1 saturated carbocycles. The minimum Gasteiger partial charge on any atom is -0.379 e. The number of anilines is 1. The standard InChI is InChI=1S/C21H27N5O2S/c22-19(27)13-1-6-17-16(11-13)18-20(23-12-24-21(18)29-17)25-14-2-4-15(5-3-14)26-7-9-28-10-8-26/h1,6,11-12,14-17H,2-5,7-10H2,(H2,22,27)(H,23,24,25). The second-order valence-electron chi connectivity index (χ2n) is 8.19. The molecular formula is C21H27N5O2S. The SMILES string of the molecule is NC(=O)C1=CC2c3c(NC4CCC(N5CCOCC5)CC4)ncnc3SC2C=C1. The van der Waals surface area contributed by atoms with Crippen molar-refractivity contribution in [2.24, 2.45) is 5.73 Å². The molecule has 2 fully saturated rings. The molecule has 154 valence electrons. The van der Waals surface area contributed by atoms with Crippen LogP contribution in [0.3, 0.4) is 0 Å². The molecule has 7 nitrogen and oxygen atoms in total. The number of aromatic nitrogens is 2. The van der Waals surface area contributed by atoms with Crippen molar-refractivity contribution >= 4 is 23.5 Å². The molecule has 0 radical (unpaired) electrons. The molecule has 1 saturated heterocycles. The second kappa shape index (κ2) is 8.08. The molecule has 2 atom stereocenters. The van der Waals surface area contributed by atoms with E-state index < -0.39 is 0 Å². The van der Waals surface area contributed by atoms with Crippen molar-refractivity contribution < 1.29 is 9.53 Å². The first-order chi connectivity index (χ1) is 14.2. The van der Waals surface area contributed by atoms with E-state index in [1.54, 1.807) is 18.1 Å². The molecule has 0 spiro atoms. The van der Waals surface area contributed by atoms with Crippen LogP contribution in [0.5, 0.6) is 0 Å². The summed E-state index contributed by atoms with van der Waals surface area (Å²) in [7, 11) is 0. The van der Waals surface area contributed by atoms with Gasteiger partial charge in [-0.3, -0.25) is 9.69 Å². The number of rotatable bonds is 4. The van der Waals surface area contributed by atoms with Gasteiger partial charge in [0.15, 0.2) is 0 Å². The summed E-state index contributed by atoms with van der Waals surface area (Å²) in [6, 6.07) is 1.10. The molecule has 1 aromatic heterocycles. The van der Waals surface area contributed by atoms with Gasteiger partial charge in [-0.05, 0) is 25.7 Å². The third-order valence-corrected chi connectivity index (χ3v) is 7.76. The van der Waals surface area contributed by atoms with Gasteiger partial charge >= 0.3 is 0 Å². The quantitative estimate of drug-likeness (QED) is 0.730. The number of carbonyl (C=O) groups is 1. The first kappa shape index (κ1) is 19.1. The molecule has 2 aliphatic heterocycles. The predicted molar refractivity (Wildman–Crippen MR) is 113 cm³/mol. The number of nitrogens with zero attached hydrogens (tertiary/aromatic N) is 3. The Kier molecular flexibility index (Phi) is 5.32. The lowest BCUT2D eigenvalue weighted by atomic mass is 9.88. The molecule has 29 heavy (non-hydrogen) atoms. The second-order valence-corrected chi connectivity index (χ2v) is 9.36. The fourth-order valence-corrected chi connectivity index (χ4v) is 6.17. The highest BCUT2D eigenvalue weighted by atomic mass is 32.2. The van der Waals surface area contributed by atoms with Gasteiger partial charge in [-0.2, -0.15) is 0 Å². The van der Waals surface area contributed by atoms with Gasteiger partial charge in [-0.1, -0.05) is 30.0 Å².